The molecule has 27 heavy (non-hydrogen) atoms. The molecule has 0 N–H and O–H groups in total. The highest BCUT2D eigenvalue weighted by molar-refractivity contribution is 7.89. The Hall–Kier alpha value is -1.71. The van der Waals surface area contributed by atoms with Gasteiger partial charge in [-0.3, -0.25) is 10.1 Å². The van der Waals surface area contributed by atoms with Crippen LogP contribution in [0.1, 0.15) is 39.0 Å². The molecule has 2 heterocycles. The predicted octanol–water partition coefficient (Wildman–Crippen LogP) is 2.77. The highest BCUT2D eigenvalue weighted by atomic mass is 32.2. The SMILES string of the molecule is CC[C@H]1CN(c2ccc(S(=O)(=O)N3CCCCCC3)cc2[N+](=O)[O-])CCO1. The van der Waals surface area contributed by atoms with Crippen molar-refractivity contribution in [3.05, 3.63) is 28.3 Å². The first-order chi connectivity index (χ1) is 12.9. The number of benzene rings is 1. The van der Waals surface area contributed by atoms with Crippen LogP contribution in [0.25, 0.3) is 0 Å². The van der Waals surface area contributed by atoms with Gasteiger partial charge in [0.15, 0.2) is 0 Å². The van der Waals surface area contributed by atoms with Crippen LogP contribution in [0.3, 0.4) is 0 Å². The van der Waals surface area contributed by atoms with Gasteiger partial charge in [-0.05, 0) is 31.4 Å². The molecule has 2 saturated heterocycles. The standard InChI is InChI=1S/C18H27N3O5S/c1-2-15-14-19(11-12-26-15)17-8-7-16(13-18(17)21(22)23)27(24,25)20-9-5-3-4-6-10-20/h7-8,13,15H,2-6,9-12,14H2,1H3/t15-/m0/s1. The molecule has 0 saturated carbocycles. The number of rotatable bonds is 5. The van der Waals surface area contributed by atoms with Crippen molar-refractivity contribution in [1.29, 1.82) is 0 Å². The fourth-order valence-corrected chi connectivity index (χ4v) is 5.23. The Bertz CT molecular complexity index is 775. The molecule has 1 atom stereocenters. The molecule has 0 amide bonds. The normalized spacial score (nSPS) is 22.4. The third-order valence-corrected chi connectivity index (χ3v) is 7.18. The molecule has 0 bridgehead atoms. The van der Waals surface area contributed by atoms with Gasteiger partial charge in [0.25, 0.3) is 5.69 Å². The van der Waals surface area contributed by atoms with Gasteiger partial charge in [0, 0.05) is 32.2 Å². The minimum atomic E-state index is -3.72. The molecule has 2 fully saturated rings. The van der Waals surface area contributed by atoms with Gasteiger partial charge in [0.05, 0.1) is 22.5 Å². The second-order valence-corrected chi connectivity index (χ2v) is 9.01. The van der Waals surface area contributed by atoms with E-state index in [2.05, 4.69) is 0 Å². The van der Waals surface area contributed by atoms with E-state index >= 15 is 0 Å². The van der Waals surface area contributed by atoms with E-state index < -0.39 is 14.9 Å². The lowest BCUT2D eigenvalue weighted by molar-refractivity contribution is -0.384. The summed E-state index contributed by atoms with van der Waals surface area (Å²) in [7, 11) is -3.72. The molecular formula is C18H27N3O5S. The fraction of sp³-hybridized carbons (Fsp3) is 0.667. The van der Waals surface area contributed by atoms with Gasteiger partial charge >= 0.3 is 0 Å². The quantitative estimate of drug-likeness (QED) is 0.560. The van der Waals surface area contributed by atoms with Crippen LogP contribution in [0.2, 0.25) is 0 Å². The van der Waals surface area contributed by atoms with Gasteiger partial charge in [0.2, 0.25) is 10.0 Å². The van der Waals surface area contributed by atoms with Crippen LogP contribution >= 0.6 is 0 Å². The third kappa shape index (κ3) is 4.41. The zero-order chi connectivity index (χ0) is 19.4. The molecule has 9 heteroatoms. The summed E-state index contributed by atoms with van der Waals surface area (Å²) >= 11 is 0. The summed E-state index contributed by atoms with van der Waals surface area (Å²) in [4.78, 5) is 13.1. The Morgan fingerprint density at radius 2 is 1.89 bits per heavy atom. The number of anilines is 1. The molecule has 0 unspecified atom stereocenters. The second kappa shape index (κ2) is 8.53. The number of ether oxygens (including phenoxy) is 1. The minimum Gasteiger partial charge on any atom is -0.375 e. The summed E-state index contributed by atoms with van der Waals surface area (Å²) in [5.41, 5.74) is 0.291. The van der Waals surface area contributed by atoms with Crippen LogP contribution in [-0.2, 0) is 14.8 Å². The summed E-state index contributed by atoms with van der Waals surface area (Å²) in [6, 6.07) is 4.28. The summed E-state index contributed by atoms with van der Waals surface area (Å²) in [6.07, 6.45) is 4.53. The van der Waals surface area contributed by atoms with Gasteiger partial charge in [0.1, 0.15) is 5.69 Å². The molecule has 2 aliphatic heterocycles. The van der Waals surface area contributed by atoms with Crippen molar-refractivity contribution in [2.75, 3.05) is 37.7 Å². The number of nitro groups is 1. The van der Waals surface area contributed by atoms with E-state index in [0.717, 1.165) is 32.1 Å². The Morgan fingerprint density at radius 1 is 1.19 bits per heavy atom. The van der Waals surface area contributed by atoms with Crippen molar-refractivity contribution in [3.8, 4) is 0 Å². The van der Waals surface area contributed by atoms with Crippen molar-refractivity contribution >= 4 is 21.4 Å². The van der Waals surface area contributed by atoms with Crippen LogP contribution in [-0.4, -0.2) is 56.5 Å². The molecule has 8 nitrogen and oxygen atoms in total. The Balaban J connectivity index is 1.92. The van der Waals surface area contributed by atoms with Crippen LogP contribution < -0.4 is 4.90 Å². The van der Waals surface area contributed by atoms with Crippen LogP contribution in [0.4, 0.5) is 11.4 Å². The van der Waals surface area contributed by atoms with Gasteiger partial charge in [-0.25, -0.2) is 8.42 Å². The Morgan fingerprint density at radius 3 is 2.52 bits per heavy atom. The van der Waals surface area contributed by atoms with Gasteiger partial charge in [-0.1, -0.05) is 19.8 Å². The predicted molar refractivity (Wildman–Crippen MR) is 103 cm³/mol. The van der Waals surface area contributed by atoms with Crippen LogP contribution in [0.15, 0.2) is 23.1 Å². The lowest BCUT2D eigenvalue weighted by atomic mass is 10.2. The average Bonchev–Trinajstić information content (AvgIpc) is 2.97. The maximum absolute atomic E-state index is 13.0. The van der Waals surface area contributed by atoms with E-state index in [1.54, 1.807) is 6.07 Å². The second-order valence-electron chi connectivity index (χ2n) is 7.07. The van der Waals surface area contributed by atoms with E-state index in [1.165, 1.54) is 16.4 Å². The first-order valence-corrected chi connectivity index (χ1v) is 11.0. The third-order valence-electron chi connectivity index (χ3n) is 5.28. The largest absolute Gasteiger partial charge is 0.375 e. The lowest BCUT2D eigenvalue weighted by Crippen LogP contribution is -2.42. The van der Waals surface area contributed by atoms with Crippen molar-refractivity contribution < 1.29 is 18.1 Å². The molecular weight excluding hydrogens is 370 g/mol. The number of nitro benzene ring substituents is 1. The smallest absolute Gasteiger partial charge is 0.293 e. The molecule has 1 aromatic rings. The van der Waals surface area contributed by atoms with Crippen molar-refractivity contribution in [2.45, 2.75) is 50.0 Å². The van der Waals surface area contributed by atoms with E-state index in [1.807, 2.05) is 11.8 Å². The zero-order valence-electron chi connectivity index (χ0n) is 15.7. The van der Waals surface area contributed by atoms with E-state index in [-0.39, 0.29) is 16.7 Å². The fourth-order valence-electron chi connectivity index (χ4n) is 3.69. The van der Waals surface area contributed by atoms with E-state index in [9.17, 15) is 18.5 Å². The first kappa shape index (κ1) is 20.0. The highest BCUT2D eigenvalue weighted by Crippen LogP contribution is 2.33. The first-order valence-electron chi connectivity index (χ1n) is 9.58. The number of morpholine rings is 1. The number of hydrogen-bond acceptors (Lipinski definition) is 6. The number of nitrogens with zero attached hydrogens (tertiary/aromatic N) is 3. The zero-order valence-corrected chi connectivity index (χ0v) is 16.5. The molecule has 0 spiro atoms. The highest BCUT2D eigenvalue weighted by Gasteiger charge is 2.30. The van der Waals surface area contributed by atoms with Crippen molar-refractivity contribution in [3.63, 3.8) is 0 Å². The summed E-state index contributed by atoms with van der Waals surface area (Å²) < 4.78 is 33.0. The molecule has 3 rings (SSSR count). The number of hydrogen-bond donors (Lipinski definition) is 0. The minimum absolute atomic E-state index is 0.000140. The maximum atomic E-state index is 13.0. The molecule has 2 aliphatic rings. The maximum Gasteiger partial charge on any atom is 0.293 e. The van der Waals surface area contributed by atoms with E-state index in [0.29, 0.717) is 38.5 Å². The molecule has 0 radical (unpaired) electrons. The molecule has 0 aliphatic carbocycles. The monoisotopic (exact) mass is 397 g/mol. The molecule has 1 aromatic carbocycles. The lowest BCUT2D eigenvalue weighted by Gasteiger charge is -2.33. The topological polar surface area (TPSA) is 93.0 Å². The summed E-state index contributed by atoms with van der Waals surface area (Å²) in [6.45, 7) is 4.58. The van der Waals surface area contributed by atoms with Crippen molar-refractivity contribution in [1.82, 2.24) is 4.31 Å². The Labute approximate surface area is 160 Å². The van der Waals surface area contributed by atoms with Gasteiger partial charge in [-0.15, -0.1) is 0 Å². The van der Waals surface area contributed by atoms with Crippen LogP contribution in [0.5, 0.6) is 0 Å². The van der Waals surface area contributed by atoms with Crippen molar-refractivity contribution in [2.24, 2.45) is 0 Å². The van der Waals surface area contributed by atoms with Crippen LogP contribution in [0, 0.1) is 10.1 Å². The molecule has 0 aromatic heterocycles. The summed E-state index contributed by atoms with van der Waals surface area (Å²) in [5, 5.41) is 11.7. The summed E-state index contributed by atoms with van der Waals surface area (Å²) in [5.74, 6) is 0. The van der Waals surface area contributed by atoms with Gasteiger partial charge in [-0.2, -0.15) is 4.31 Å². The van der Waals surface area contributed by atoms with E-state index in [4.69, 9.17) is 4.74 Å². The molecule has 150 valence electrons. The number of sulfonamides is 1. The van der Waals surface area contributed by atoms with Gasteiger partial charge < -0.3 is 9.64 Å². The average molecular weight is 397 g/mol. The Kier molecular flexibility index (Phi) is 6.33.